The number of carbonyl (C=O) groups is 2. The summed E-state index contributed by atoms with van der Waals surface area (Å²) in [4.78, 5) is 26.1. The van der Waals surface area contributed by atoms with Crippen molar-refractivity contribution in [3.63, 3.8) is 0 Å². The van der Waals surface area contributed by atoms with Crippen LogP contribution in [0, 0.1) is 0 Å². The van der Waals surface area contributed by atoms with Gasteiger partial charge in [0.15, 0.2) is 0 Å². The lowest BCUT2D eigenvalue weighted by atomic mass is 9.97. The van der Waals surface area contributed by atoms with Crippen molar-refractivity contribution in [3.05, 3.63) is 36.4 Å². The number of phenolic OH excluding ortho intramolecular Hbond substituents is 1. The van der Waals surface area contributed by atoms with Crippen LogP contribution in [0.3, 0.4) is 0 Å². The lowest BCUT2D eigenvalue weighted by Gasteiger charge is -2.36. The molecule has 0 aliphatic carbocycles. The first-order chi connectivity index (χ1) is 11.1. The van der Waals surface area contributed by atoms with Crippen LogP contribution in [-0.4, -0.2) is 34.4 Å². The Hall–Kier alpha value is -2.30. The summed E-state index contributed by atoms with van der Waals surface area (Å²) in [5.74, 6) is -0.585. The maximum atomic E-state index is 12.8. The minimum Gasteiger partial charge on any atom is -0.507 e. The summed E-state index contributed by atoms with van der Waals surface area (Å²) in [6, 6.07) is 4.75. The van der Waals surface area contributed by atoms with Crippen LogP contribution in [0.15, 0.2) is 30.9 Å². The molecule has 1 aliphatic rings. The Bertz CT molecular complexity index is 596. The van der Waals surface area contributed by atoms with Gasteiger partial charge < -0.3 is 15.3 Å². The number of amides is 2. The van der Waals surface area contributed by atoms with E-state index in [1.165, 1.54) is 12.1 Å². The Morgan fingerprint density at radius 2 is 2.22 bits per heavy atom. The molecule has 124 valence electrons. The molecule has 1 heterocycles. The van der Waals surface area contributed by atoms with E-state index in [4.69, 9.17) is 0 Å². The zero-order chi connectivity index (χ0) is 16.8. The van der Waals surface area contributed by atoms with Gasteiger partial charge in [-0.25, -0.2) is 0 Å². The average molecular weight is 316 g/mol. The first-order valence-corrected chi connectivity index (χ1v) is 8.14. The van der Waals surface area contributed by atoms with E-state index < -0.39 is 0 Å². The lowest BCUT2D eigenvalue weighted by molar-refractivity contribution is -0.111. The van der Waals surface area contributed by atoms with Gasteiger partial charge in [-0.1, -0.05) is 19.9 Å². The normalized spacial score (nSPS) is 17.6. The Kier molecular flexibility index (Phi) is 5.79. The van der Waals surface area contributed by atoms with Gasteiger partial charge in [0.2, 0.25) is 5.91 Å². The number of piperidine rings is 1. The molecule has 2 N–H and O–H groups in total. The third kappa shape index (κ3) is 4.12. The van der Waals surface area contributed by atoms with Crippen LogP contribution >= 0.6 is 0 Å². The summed E-state index contributed by atoms with van der Waals surface area (Å²) in [6.07, 6.45) is 6.29. The molecule has 0 radical (unpaired) electrons. The molecule has 1 atom stereocenters. The van der Waals surface area contributed by atoms with Crippen molar-refractivity contribution >= 4 is 17.5 Å². The van der Waals surface area contributed by atoms with Crippen LogP contribution in [0.25, 0.3) is 0 Å². The van der Waals surface area contributed by atoms with Crippen LogP contribution in [-0.2, 0) is 4.79 Å². The third-order valence-electron chi connectivity index (χ3n) is 4.19. The fourth-order valence-electron chi connectivity index (χ4n) is 3.03. The maximum Gasteiger partial charge on any atom is 0.257 e. The predicted octanol–water partition coefficient (Wildman–Crippen LogP) is 3.31. The van der Waals surface area contributed by atoms with Crippen LogP contribution in [0.1, 0.15) is 49.4 Å². The van der Waals surface area contributed by atoms with Crippen molar-refractivity contribution in [1.82, 2.24) is 4.90 Å². The molecule has 0 saturated carbocycles. The van der Waals surface area contributed by atoms with Gasteiger partial charge in [-0.2, -0.15) is 0 Å². The van der Waals surface area contributed by atoms with E-state index in [1.807, 2.05) is 4.90 Å². The van der Waals surface area contributed by atoms with E-state index in [1.54, 1.807) is 6.07 Å². The molecule has 0 aromatic heterocycles. The second-order valence-corrected chi connectivity index (χ2v) is 5.86. The molecule has 1 fully saturated rings. The highest BCUT2D eigenvalue weighted by Crippen LogP contribution is 2.28. The number of nitrogens with zero attached hydrogens (tertiary/aromatic N) is 1. The smallest absolute Gasteiger partial charge is 0.257 e. The average Bonchev–Trinajstić information content (AvgIpc) is 2.56. The van der Waals surface area contributed by atoms with Crippen LogP contribution in [0.5, 0.6) is 5.75 Å². The highest BCUT2D eigenvalue weighted by Gasteiger charge is 2.28. The van der Waals surface area contributed by atoms with E-state index in [9.17, 15) is 14.7 Å². The van der Waals surface area contributed by atoms with Gasteiger partial charge >= 0.3 is 0 Å². The number of anilines is 1. The molecular formula is C18H24N2O3. The fourth-order valence-corrected chi connectivity index (χ4v) is 3.03. The van der Waals surface area contributed by atoms with Gasteiger partial charge in [-0.15, -0.1) is 0 Å². The van der Waals surface area contributed by atoms with E-state index in [2.05, 4.69) is 18.8 Å². The van der Waals surface area contributed by atoms with E-state index in [0.717, 1.165) is 38.2 Å². The van der Waals surface area contributed by atoms with Gasteiger partial charge in [0.1, 0.15) is 5.75 Å². The molecular weight excluding hydrogens is 292 g/mol. The fraction of sp³-hybridized carbons (Fsp3) is 0.444. The Morgan fingerprint density at radius 1 is 1.43 bits per heavy atom. The van der Waals surface area contributed by atoms with E-state index >= 15 is 0 Å². The molecule has 23 heavy (non-hydrogen) atoms. The quantitative estimate of drug-likeness (QED) is 0.647. The number of carbonyl (C=O) groups excluding carboxylic acids is 2. The Labute approximate surface area is 137 Å². The standard InChI is InChI=1S/C18H24N2O3/c1-3-7-14-8-5-6-11-20(14)18(23)15-12-13(9-10-16(15)21)19-17(22)4-2/h4,9-10,12,14,21H,2-3,5-8,11H2,1H3,(H,19,22). The van der Waals surface area contributed by atoms with Crippen LogP contribution < -0.4 is 5.32 Å². The molecule has 1 aliphatic heterocycles. The van der Waals surface area contributed by atoms with Gasteiger partial charge in [0.05, 0.1) is 5.56 Å². The lowest BCUT2D eigenvalue weighted by Crippen LogP contribution is -2.43. The molecule has 1 aromatic rings. The van der Waals surface area contributed by atoms with Gasteiger partial charge in [-0.3, -0.25) is 9.59 Å². The molecule has 1 aromatic carbocycles. The Morgan fingerprint density at radius 3 is 2.91 bits per heavy atom. The maximum absolute atomic E-state index is 12.8. The van der Waals surface area contributed by atoms with Crippen LogP contribution in [0.4, 0.5) is 5.69 Å². The van der Waals surface area contributed by atoms with Crippen molar-refractivity contribution in [2.24, 2.45) is 0 Å². The topological polar surface area (TPSA) is 69.6 Å². The molecule has 2 rings (SSSR count). The number of hydrogen-bond donors (Lipinski definition) is 2. The van der Waals surface area contributed by atoms with Gasteiger partial charge in [0, 0.05) is 18.3 Å². The van der Waals surface area contributed by atoms with Crippen LogP contribution in [0.2, 0.25) is 0 Å². The van der Waals surface area contributed by atoms with Gasteiger partial charge in [-0.05, 0) is 50.0 Å². The zero-order valence-corrected chi connectivity index (χ0v) is 13.5. The first kappa shape index (κ1) is 17.1. The SMILES string of the molecule is C=CC(=O)Nc1ccc(O)c(C(=O)N2CCCCC2CCC)c1. The number of phenols is 1. The van der Waals surface area contributed by atoms with Crippen molar-refractivity contribution in [2.45, 2.75) is 45.1 Å². The Balaban J connectivity index is 2.24. The number of hydrogen-bond acceptors (Lipinski definition) is 3. The number of aromatic hydroxyl groups is 1. The number of rotatable bonds is 5. The molecule has 5 heteroatoms. The molecule has 5 nitrogen and oxygen atoms in total. The second-order valence-electron chi connectivity index (χ2n) is 5.86. The second kappa shape index (κ2) is 7.81. The van der Waals surface area contributed by atoms with E-state index in [-0.39, 0.29) is 29.2 Å². The van der Waals surface area contributed by atoms with Crippen molar-refractivity contribution < 1.29 is 14.7 Å². The van der Waals surface area contributed by atoms with E-state index in [0.29, 0.717) is 12.2 Å². The first-order valence-electron chi connectivity index (χ1n) is 8.14. The van der Waals surface area contributed by atoms with Crippen molar-refractivity contribution in [2.75, 3.05) is 11.9 Å². The monoisotopic (exact) mass is 316 g/mol. The van der Waals surface area contributed by atoms with Gasteiger partial charge in [0.25, 0.3) is 5.91 Å². The summed E-state index contributed by atoms with van der Waals surface area (Å²) in [5.41, 5.74) is 0.704. The molecule has 1 unspecified atom stereocenters. The molecule has 1 saturated heterocycles. The van der Waals surface area contributed by atoms with Crippen molar-refractivity contribution in [3.8, 4) is 5.75 Å². The molecule has 0 bridgehead atoms. The van der Waals surface area contributed by atoms with Crippen molar-refractivity contribution in [1.29, 1.82) is 0 Å². The summed E-state index contributed by atoms with van der Waals surface area (Å²) >= 11 is 0. The number of likely N-dealkylation sites (tertiary alicyclic amines) is 1. The summed E-state index contributed by atoms with van der Waals surface area (Å²) in [5, 5.41) is 12.7. The molecule has 0 spiro atoms. The number of benzene rings is 1. The number of nitrogens with one attached hydrogen (secondary N) is 1. The third-order valence-corrected chi connectivity index (χ3v) is 4.19. The zero-order valence-electron chi connectivity index (χ0n) is 13.5. The molecule has 2 amide bonds. The largest absolute Gasteiger partial charge is 0.507 e. The summed E-state index contributed by atoms with van der Waals surface area (Å²) in [7, 11) is 0. The minimum atomic E-state index is -0.351. The summed E-state index contributed by atoms with van der Waals surface area (Å²) in [6.45, 7) is 6.22. The summed E-state index contributed by atoms with van der Waals surface area (Å²) < 4.78 is 0. The minimum absolute atomic E-state index is 0.0626. The highest BCUT2D eigenvalue weighted by molar-refractivity contribution is 6.02. The highest BCUT2D eigenvalue weighted by atomic mass is 16.3. The predicted molar refractivity (Wildman–Crippen MR) is 90.5 cm³/mol.